The van der Waals surface area contributed by atoms with Crippen LogP contribution in [0.15, 0.2) is 5.16 Å². The minimum absolute atomic E-state index is 0.110. The molecule has 11 heteroatoms. The van der Waals surface area contributed by atoms with Gasteiger partial charge in [-0.2, -0.15) is 21.6 Å². The summed E-state index contributed by atoms with van der Waals surface area (Å²) < 4.78 is 75.6. The van der Waals surface area contributed by atoms with E-state index in [1.165, 1.54) is 7.11 Å². The van der Waals surface area contributed by atoms with Crippen molar-refractivity contribution in [3.05, 3.63) is 5.82 Å². The molecule has 0 atom stereocenters. The second-order valence-electron chi connectivity index (χ2n) is 2.89. The van der Waals surface area contributed by atoms with Crippen LogP contribution in [0.5, 0.6) is 0 Å². The monoisotopic (exact) mass is 277 g/mol. The number of hydrogen-bond donors (Lipinski definition) is 0. The molecular formula is C6H7F4N3O3S. The molecule has 1 aromatic heterocycles. The van der Waals surface area contributed by atoms with Crippen molar-refractivity contribution in [1.82, 2.24) is 14.8 Å². The molecule has 0 radical (unpaired) electrons. The van der Waals surface area contributed by atoms with Crippen LogP contribution in [0.3, 0.4) is 0 Å². The third-order valence-corrected chi connectivity index (χ3v) is 2.45. The molecular weight excluding hydrogens is 270 g/mol. The number of halogens is 4. The predicted octanol–water partition coefficient (Wildman–Crippen LogP) is 0.602. The lowest BCUT2D eigenvalue weighted by atomic mass is 10.5. The summed E-state index contributed by atoms with van der Waals surface area (Å²) >= 11 is 0. The molecule has 0 aliphatic carbocycles. The molecule has 0 aliphatic rings. The minimum atomic E-state index is -5.37. The van der Waals surface area contributed by atoms with Crippen molar-refractivity contribution in [2.75, 3.05) is 13.7 Å². The minimum Gasteiger partial charge on any atom is -0.383 e. The van der Waals surface area contributed by atoms with E-state index in [4.69, 9.17) is 0 Å². The van der Waals surface area contributed by atoms with Gasteiger partial charge in [0.15, 0.2) is 0 Å². The van der Waals surface area contributed by atoms with Crippen LogP contribution in [0.1, 0.15) is 5.82 Å². The summed E-state index contributed by atoms with van der Waals surface area (Å²) in [5.74, 6) is -1.59. The van der Waals surface area contributed by atoms with E-state index in [1.807, 2.05) is 0 Å². The first-order valence-corrected chi connectivity index (χ1v) is 5.50. The summed E-state index contributed by atoms with van der Waals surface area (Å²) in [6, 6.07) is 0. The highest BCUT2D eigenvalue weighted by atomic mass is 32.3. The summed E-state index contributed by atoms with van der Waals surface area (Å²) in [6.07, 6.45) is -4.93. The summed E-state index contributed by atoms with van der Waals surface area (Å²) in [7, 11) is -4.17. The molecule has 0 aliphatic heterocycles. The Kier molecular flexibility index (Phi) is 3.71. The highest BCUT2D eigenvalue weighted by Gasteiger charge is 2.40. The van der Waals surface area contributed by atoms with Gasteiger partial charge in [0.25, 0.3) is 5.16 Å². The third-order valence-electron chi connectivity index (χ3n) is 1.71. The van der Waals surface area contributed by atoms with E-state index in [0.29, 0.717) is 0 Å². The zero-order chi connectivity index (χ0) is 13.3. The maximum atomic E-state index is 12.7. The van der Waals surface area contributed by atoms with Crippen molar-refractivity contribution >= 4 is 10.2 Å². The smallest absolute Gasteiger partial charge is 0.383 e. The Morgan fingerprint density at radius 1 is 1.35 bits per heavy atom. The van der Waals surface area contributed by atoms with Crippen molar-refractivity contribution in [2.24, 2.45) is 0 Å². The Balaban J connectivity index is 3.30. The normalized spacial score (nSPS) is 13.0. The van der Waals surface area contributed by atoms with Crippen LogP contribution in [0, 0.1) is 0 Å². The van der Waals surface area contributed by atoms with Gasteiger partial charge in [-0.05, 0) is 0 Å². The van der Waals surface area contributed by atoms with Crippen molar-refractivity contribution in [3.63, 3.8) is 0 Å². The molecule has 0 N–H and O–H groups in total. The molecule has 1 aromatic rings. The van der Waals surface area contributed by atoms with Gasteiger partial charge in [0.2, 0.25) is 5.82 Å². The van der Waals surface area contributed by atoms with Crippen LogP contribution >= 0.6 is 0 Å². The van der Waals surface area contributed by atoms with Gasteiger partial charge < -0.3 is 4.74 Å². The molecule has 0 aromatic carbocycles. The molecule has 0 spiro atoms. The molecule has 0 unspecified atom stereocenters. The van der Waals surface area contributed by atoms with Crippen molar-refractivity contribution in [1.29, 1.82) is 0 Å². The molecule has 6 nitrogen and oxygen atoms in total. The molecule has 0 saturated heterocycles. The van der Waals surface area contributed by atoms with Gasteiger partial charge >= 0.3 is 16.4 Å². The van der Waals surface area contributed by atoms with Crippen molar-refractivity contribution in [3.8, 4) is 0 Å². The first-order chi connectivity index (χ1) is 7.68. The van der Waals surface area contributed by atoms with E-state index >= 15 is 0 Å². The van der Waals surface area contributed by atoms with Crippen LogP contribution in [-0.2, 0) is 27.7 Å². The number of nitrogens with zero attached hydrogens (tertiary/aromatic N) is 3. The largest absolute Gasteiger partial charge is 0.451 e. The van der Waals surface area contributed by atoms with Gasteiger partial charge in [-0.15, -0.1) is 10.2 Å². The van der Waals surface area contributed by atoms with Gasteiger partial charge in [-0.1, -0.05) is 3.89 Å². The lowest BCUT2D eigenvalue weighted by Gasteiger charge is -2.09. The summed E-state index contributed by atoms with van der Waals surface area (Å²) in [5.41, 5.74) is 0. The van der Waals surface area contributed by atoms with Crippen LogP contribution in [-0.4, -0.2) is 36.9 Å². The average molecular weight is 277 g/mol. The zero-order valence-corrected chi connectivity index (χ0v) is 9.22. The maximum absolute atomic E-state index is 12.7. The molecule has 0 bridgehead atoms. The SMILES string of the molecule is COCCn1c(C(F)(F)F)nnc1S(=O)(=O)F. The van der Waals surface area contributed by atoms with E-state index in [1.54, 1.807) is 0 Å². The second-order valence-corrected chi connectivity index (χ2v) is 4.13. The number of ether oxygens (including phenoxy) is 1. The van der Waals surface area contributed by atoms with Gasteiger partial charge in [-0.3, -0.25) is 4.57 Å². The lowest BCUT2D eigenvalue weighted by Crippen LogP contribution is -2.19. The molecule has 0 amide bonds. The number of alkyl halides is 3. The molecule has 17 heavy (non-hydrogen) atoms. The molecule has 1 rings (SSSR count). The van der Waals surface area contributed by atoms with E-state index in [2.05, 4.69) is 14.9 Å². The molecule has 1 heterocycles. The van der Waals surface area contributed by atoms with Crippen LogP contribution in [0.2, 0.25) is 0 Å². The van der Waals surface area contributed by atoms with Crippen LogP contribution in [0.4, 0.5) is 17.1 Å². The van der Waals surface area contributed by atoms with Gasteiger partial charge in [0.1, 0.15) is 0 Å². The topological polar surface area (TPSA) is 74.1 Å². The predicted molar refractivity (Wildman–Crippen MR) is 45.2 cm³/mol. The molecule has 98 valence electrons. The molecule has 0 fully saturated rings. The highest BCUT2D eigenvalue weighted by Crippen LogP contribution is 2.29. The Labute approximate surface area is 93.4 Å². The van der Waals surface area contributed by atoms with Gasteiger partial charge in [0, 0.05) is 7.11 Å². The first kappa shape index (κ1) is 13.8. The van der Waals surface area contributed by atoms with E-state index < -0.39 is 33.9 Å². The first-order valence-electron chi connectivity index (χ1n) is 4.12. The Morgan fingerprint density at radius 3 is 2.35 bits per heavy atom. The highest BCUT2D eigenvalue weighted by molar-refractivity contribution is 7.86. The van der Waals surface area contributed by atoms with Gasteiger partial charge in [-0.25, -0.2) is 0 Å². The second kappa shape index (κ2) is 4.56. The fourth-order valence-corrected chi connectivity index (χ4v) is 1.64. The van der Waals surface area contributed by atoms with E-state index in [-0.39, 0.29) is 11.2 Å². The number of aromatic nitrogens is 3. The summed E-state index contributed by atoms with van der Waals surface area (Å²) in [5, 5.41) is 3.91. The van der Waals surface area contributed by atoms with Gasteiger partial charge in [0.05, 0.1) is 13.2 Å². The van der Waals surface area contributed by atoms with Crippen molar-refractivity contribution in [2.45, 2.75) is 17.9 Å². The Hall–Kier alpha value is -1.23. The van der Waals surface area contributed by atoms with Crippen LogP contribution in [0.25, 0.3) is 0 Å². The fraction of sp³-hybridized carbons (Fsp3) is 0.667. The zero-order valence-electron chi connectivity index (χ0n) is 8.40. The quantitative estimate of drug-likeness (QED) is 0.595. The standard InChI is InChI=1S/C6H7F4N3O3S/c1-16-3-2-13-4(6(7,8)9)11-12-5(13)17(10,14)15/h2-3H2,1H3. The van der Waals surface area contributed by atoms with E-state index in [9.17, 15) is 25.5 Å². The molecule has 0 saturated carbocycles. The van der Waals surface area contributed by atoms with Crippen LogP contribution < -0.4 is 0 Å². The summed E-state index contributed by atoms with van der Waals surface area (Å²) in [4.78, 5) is 0. The maximum Gasteiger partial charge on any atom is 0.451 e. The average Bonchev–Trinajstić information content (AvgIpc) is 2.56. The lowest BCUT2D eigenvalue weighted by molar-refractivity contribution is -0.148. The fourth-order valence-electron chi connectivity index (χ4n) is 1.06. The Morgan fingerprint density at radius 2 is 1.94 bits per heavy atom. The number of methoxy groups -OCH3 is 1. The number of rotatable bonds is 4. The van der Waals surface area contributed by atoms with Crippen molar-refractivity contribution < 1.29 is 30.2 Å². The summed E-state index contributed by atoms with van der Waals surface area (Å²) in [6.45, 7) is -0.777. The number of hydrogen-bond acceptors (Lipinski definition) is 5. The third kappa shape index (κ3) is 3.12. The Bertz CT molecular complexity index is 495. The van der Waals surface area contributed by atoms with E-state index in [0.717, 1.165) is 0 Å².